The van der Waals surface area contributed by atoms with Crippen LogP contribution in [0.5, 0.6) is 5.75 Å². The number of nitrogens with one attached hydrogen (secondary N) is 2. The number of carboxylic acid groups (broad SMARTS) is 1. The van der Waals surface area contributed by atoms with Crippen LogP contribution in [0, 0.1) is 29.4 Å². The van der Waals surface area contributed by atoms with E-state index in [1.807, 2.05) is 0 Å². The predicted octanol–water partition coefficient (Wildman–Crippen LogP) is 5.28. The third kappa shape index (κ3) is 4.16. The molecule has 10 heteroatoms. The normalized spacial score (nSPS) is 22.8. The number of carbonyl (C=O) groups is 1. The van der Waals surface area contributed by atoms with Gasteiger partial charge in [-0.3, -0.25) is 4.79 Å². The molecule has 7 rings (SSSR count). The molecule has 0 radical (unpaired) electrons. The van der Waals surface area contributed by atoms with Crippen LogP contribution in [0.4, 0.5) is 14.6 Å². The van der Waals surface area contributed by atoms with Crippen molar-refractivity contribution < 1.29 is 23.4 Å². The summed E-state index contributed by atoms with van der Waals surface area (Å²) in [6.45, 7) is 0. The molecular formula is C27H25F2N5O3. The maximum Gasteiger partial charge on any atom is 0.308 e. The number of carboxylic acids is 1. The summed E-state index contributed by atoms with van der Waals surface area (Å²) in [7, 11) is 1.39. The number of benzene rings is 1. The molecule has 8 nitrogen and oxygen atoms in total. The average Bonchev–Trinajstić information content (AvgIpc) is 3.32. The van der Waals surface area contributed by atoms with Gasteiger partial charge in [-0.15, -0.1) is 0 Å². The summed E-state index contributed by atoms with van der Waals surface area (Å²) in [6, 6.07) is 7.30. The fraction of sp³-hybridized carbons (Fsp3) is 0.333. The molecule has 3 fully saturated rings. The van der Waals surface area contributed by atoms with Gasteiger partial charge in [-0.2, -0.15) is 0 Å². The second-order valence-electron chi connectivity index (χ2n) is 9.77. The number of aromatic amines is 1. The Labute approximate surface area is 211 Å². The summed E-state index contributed by atoms with van der Waals surface area (Å²) in [5, 5.41) is 13.9. The summed E-state index contributed by atoms with van der Waals surface area (Å²) in [5.74, 6) is -1.20. The minimum absolute atomic E-state index is 0.108. The molecule has 3 saturated carbocycles. The number of hydrogen-bond acceptors (Lipinski definition) is 6. The first-order valence-electron chi connectivity index (χ1n) is 12.3. The van der Waals surface area contributed by atoms with Crippen molar-refractivity contribution in [1.29, 1.82) is 0 Å². The van der Waals surface area contributed by atoms with E-state index in [2.05, 4.69) is 20.3 Å². The SMILES string of the molecule is COc1ccc(-c2cc(NC3C4CCC(CC4)C3C(=O)O)nc(-c3c[nH]c4ncc(F)cc34)n2)cc1F. The van der Waals surface area contributed by atoms with Crippen molar-refractivity contribution in [3.05, 3.63) is 54.4 Å². The van der Waals surface area contributed by atoms with Gasteiger partial charge in [0.15, 0.2) is 17.4 Å². The maximum absolute atomic E-state index is 14.6. The topological polar surface area (TPSA) is 113 Å². The summed E-state index contributed by atoms with van der Waals surface area (Å²) in [5.41, 5.74) is 1.93. The van der Waals surface area contributed by atoms with E-state index in [-0.39, 0.29) is 29.5 Å². The van der Waals surface area contributed by atoms with Gasteiger partial charge >= 0.3 is 5.97 Å². The molecule has 0 aliphatic heterocycles. The summed E-state index contributed by atoms with van der Waals surface area (Å²) < 4.78 is 33.6. The van der Waals surface area contributed by atoms with Crippen LogP contribution in [-0.4, -0.2) is 44.2 Å². The van der Waals surface area contributed by atoms with Crippen molar-refractivity contribution in [2.75, 3.05) is 12.4 Å². The first kappa shape index (κ1) is 23.3. The molecule has 0 spiro atoms. The molecule has 3 aliphatic rings. The van der Waals surface area contributed by atoms with Gasteiger partial charge in [0.2, 0.25) is 0 Å². The van der Waals surface area contributed by atoms with Crippen LogP contribution in [-0.2, 0) is 4.79 Å². The zero-order valence-corrected chi connectivity index (χ0v) is 20.0. The molecule has 37 heavy (non-hydrogen) atoms. The van der Waals surface area contributed by atoms with E-state index in [0.717, 1.165) is 31.9 Å². The molecular weight excluding hydrogens is 480 g/mol. The van der Waals surface area contributed by atoms with E-state index in [0.29, 0.717) is 33.7 Å². The van der Waals surface area contributed by atoms with Crippen molar-refractivity contribution >= 4 is 22.8 Å². The summed E-state index contributed by atoms with van der Waals surface area (Å²) in [4.78, 5) is 28.7. The smallest absolute Gasteiger partial charge is 0.308 e. The molecule has 4 aromatic rings. The van der Waals surface area contributed by atoms with E-state index < -0.39 is 23.5 Å². The number of fused-ring (bicyclic) bond motifs is 4. The van der Waals surface area contributed by atoms with Gasteiger partial charge in [0.25, 0.3) is 0 Å². The van der Waals surface area contributed by atoms with Gasteiger partial charge in [-0.1, -0.05) is 0 Å². The van der Waals surface area contributed by atoms with Gasteiger partial charge in [-0.05, 0) is 61.8 Å². The Morgan fingerprint density at radius 2 is 1.89 bits per heavy atom. The number of hydrogen-bond donors (Lipinski definition) is 3. The lowest BCUT2D eigenvalue weighted by Crippen LogP contribution is -2.51. The van der Waals surface area contributed by atoms with Crippen LogP contribution in [0.15, 0.2) is 42.7 Å². The van der Waals surface area contributed by atoms with E-state index in [1.54, 1.807) is 18.3 Å². The Hall–Kier alpha value is -4.08. The number of methoxy groups -OCH3 is 1. The molecule has 2 unspecified atom stereocenters. The maximum atomic E-state index is 14.6. The molecule has 190 valence electrons. The first-order chi connectivity index (χ1) is 17.9. The Bertz CT molecular complexity index is 1500. The second kappa shape index (κ2) is 9.10. The van der Waals surface area contributed by atoms with Crippen LogP contribution in [0.1, 0.15) is 25.7 Å². The highest BCUT2D eigenvalue weighted by atomic mass is 19.1. The number of H-pyrrole nitrogens is 1. The minimum Gasteiger partial charge on any atom is -0.494 e. The molecule has 3 heterocycles. The third-order valence-corrected chi connectivity index (χ3v) is 7.73. The van der Waals surface area contributed by atoms with Crippen molar-refractivity contribution in [2.24, 2.45) is 17.8 Å². The zero-order valence-electron chi connectivity index (χ0n) is 20.0. The quantitative estimate of drug-likeness (QED) is 0.327. The average molecular weight is 506 g/mol. The number of ether oxygens (including phenoxy) is 1. The number of halogens is 2. The largest absolute Gasteiger partial charge is 0.494 e. The van der Waals surface area contributed by atoms with Crippen LogP contribution < -0.4 is 10.1 Å². The number of rotatable bonds is 6. The highest BCUT2D eigenvalue weighted by molar-refractivity contribution is 5.92. The zero-order chi connectivity index (χ0) is 25.7. The Balaban J connectivity index is 1.47. The second-order valence-corrected chi connectivity index (χ2v) is 9.77. The highest BCUT2D eigenvalue weighted by Gasteiger charge is 2.47. The van der Waals surface area contributed by atoms with Crippen LogP contribution in [0.3, 0.4) is 0 Å². The molecule has 2 atom stereocenters. The van der Waals surface area contributed by atoms with Crippen molar-refractivity contribution in [3.63, 3.8) is 0 Å². The molecule has 3 N–H and O–H groups in total. The van der Waals surface area contributed by atoms with Crippen molar-refractivity contribution in [2.45, 2.75) is 31.7 Å². The van der Waals surface area contributed by atoms with Gasteiger partial charge in [0, 0.05) is 34.8 Å². The van der Waals surface area contributed by atoms with Crippen LogP contribution in [0.2, 0.25) is 0 Å². The minimum atomic E-state index is -0.809. The first-order valence-corrected chi connectivity index (χ1v) is 12.3. The van der Waals surface area contributed by atoms with Crippen molar-refractivity contribution in [1.82, 2.24) is 19.9 Å². The van der Waals surface area contributed by atoms with Gasteiger partial charge in [-0.25, -0.2) is 23.7 Å². The number of pyridine rings is 1. The van der Waals surface area contributed by atoms with Crippen molar-refractivity contribution in [3.8, 4) is 28.4 Å². The standard InChI is InChI=1S/C27H25F2N5O3/c1-37-21-7-6-15(8-19(21)29)20-10-22(33-24-14-4-2-13(3-5-14)23(24)27(35)36)34-26(32-20)18-12-31-25-17(18)9-16(28)11-30-25/h6-14,23-24H,2-5H2,1H3,(H,30,31)(H,35,36)(H,32,33,34). The summed E-state index contributed by atoms with van der Waals surface area (Å²) in [6.07, 6.45) is 6.54. The fourth-order valence-electron chi connectivity index (χ4n) is 5.96. The van der Waals surface area contributed by atoms with Crippen LogP contribution >= 0.6 is 0 Å². The van der Waals surface area contributed by atoms with E-state index in [9.17, 15) is 18.7 Å². The summed E-state index contributed by atoms with van der Waals surface area (Å²) >= 11 is 0. The lowest BCUT2D eigenvalue weighted by atomic mass is 9.61. The Kier molecular flexibility index (Phi) is 5.73. The highest BCUT2D eigenvalue weighted by Crippen LogP contribution is 2.46. The molecule has 3 aromatic heterocycles. The van der Waals surface area contributed by atoms with E-state index >= 15 is 0 Å². The molecule has 3 aliphatic carbocycles. The number of nitrogens with zero attached hydrogens (tertiary/aromatic N) is 3. The molecule has 0 saturated heterocycles. The lowest BCUT2D eigenvalue weighted by molar-refractivity contribution is -0.148. The third-order valence-electron chi connectivity index (χ3n) is 7.73. The molecule has 0 amide bonds. The number of aromatic nitrogens is 4. The van der Waals surface area contributed by atoms with Gasteiger partial charge < -0.3 is 20.1 Å². The number of aliphatic carboxylic acids is 1. The predicted molar refractivity (Wildman–Crippen MR) is 133 cm³/mol. The Morgan fingerprint density at radius 3 is 2.62 bits per heavy atom. The number of anilines is 1. The van der Waals surface area contributed by atoms with E-state index in [1.165, 1.54) is 25.3 Å². The monoisotopic (exact) mass is 505 g/mol. The Morgan fingerprint density at radius 1 is 1.11 bits per heavy atom. The molecule has 1 aromatic carbocycles. The lowest BCUT2D eigenvalue weighted by Gasteiger charge is -2.47. The van der Waals surface area contributed by atoms with Gasteiger partial charge in [0.05, 0.1) is 24.9 Å². The van der Waals surface area contributed by atoms with Gasteiger partial charge in [0.1, 0.15) is 17.3 Å². The fourth-order valence-corrected chi connectivity index (χ4v) is 5.96. The van der Waals surface area contributed by atoms with E-state index in [4.69, 9.17) is 9.72 Å². The molecule has 2 bridgehead atoms. The van der Waals surface area contributed by atoms with Crippen LogP contribution in [0.25, 0.3) is 33.7 Å².